The van der Waals surface area contributed by atoms with Crippen LogP contribution in [-0.2, 0) is 9.53 Å². The van der Waals surface area contributed by atoms with Gasteiger partial charge in [0.15, 0.2) is 0 Å². The van der Waals surface area contributed by atoms with Crippen molar-refractivity contribution in [1.82, 2.24) is 0 Å². The van der Waals surface area contributed by atoms with Crippen LogP contribution in [0.15, 0.2) is 104 Å². The van der Waals surface area contributed by atoms with Crippen molar-refractivity contribution in [3.8, 4) is 23.0 Å². The van der Waals surface area contributed by atoms with Crippen LogP contribution in [-0.4, -0.2) is 37.1 Å². The van der Waals surface area contributed by atoms with Crippen LogP contribution < -0.4 is 18.9 Å². The Bertz CT molecular complexity index is 1650. The molecule has 45 heavy (non-hydrogen) atoms. The largest absolute Gasteiger partial charge is 0.494 e. The normalized spacial score (nSPS) is 10.4. The summed E-state index contributed by atoms with van der Waals surface area (Å²) in [4.78, 5) is 48.7. The summed E-state index contributed by atoms with van der Waals surface area (Å²) in [6, 6.07) is 24.2. The topological polar surface area (TPSA) is 114 Å². The number of benzene rings is 4. The zero-order valence-electron chi connectivity index (χ0n) is 24.9. The Morgan fingerprint density at radius 3 is 1.67 bits per heavy atom. The summed E-state index contributed by atoms with van der Waals surface area (Å²) in [6.45, 7) is 7.74. The van der Waals surface area contributed by atoms with Gasteiger partial charge in [0, 0.05) is 6.08 Å². The molecule has 0 spiro atoms. The summed E-state index contributed by atoms with van der Waals surface area (Å²) in [7, 11) is 0. The number of rotatable bonds is 13. The highest BCUT2D eigenvalue weighted by Gasteiger charge is 2.15. The van der Waals surface area contributed by atoms with Gasteiger partial charge in [-0.1, -0.05) is 24.3 Å². The van der Waals surface area contributed by atoms with E-state index in [0.29, 0.717) is 54.2 Å². The Morgan fingerprint density at radius 1 is 0.600 bits per heavy atom. The van der Waals surface area contributed by atoms with Crippen molar-refractivity contribution in [2.75, 3.05) is 13.2 Å². The van der Waals surface area contributed by atoms with Crippen molar-refractivity contribution in [3.05, 3.63) is 131 Å². The average molecular weight is 609 g/mol. The maximum absolute atomic E-state index is 12.7. The van der Waals surface area contributed by atoms with Gasteiger partial charge in [0.2, 0.25) is 0 Å². The van der Waals surface area contributed by atoms with Gasteiger partial charge in [0.05, 0.1) is 29.9 Å². The molecule has 0 aliphatic heterocycles. The van der Waals surface area contributed by atoms with Gasteiger partial charge in [0.25, 0.3) is 0 Å². The molecule has 4 rings (SSSR count). The molecule has 9 heteroatoms. The van der Waals surface area contributed by atoms with Crippen LogP contribution in [0.1, 0.15) is 55.0 Å². The molecule has 0 radical (unpaired) electrons. The first-order chi connectivity index (χ1) is 21.7. The molecule has 0 aliphatic rings. The fourth-order valence-electron chi connectivity index (χ4n) is 3.95. The second kappa shape index (κ2) is 15.7. The van der Waals surface area contributed by atoms with Crippen LogP contribution in [0.3, 0.4) is 0 Å². The smallest absolute Gasteiger partial charge is 0.343 e. The number of unbranched alkanes of at least 4 members (excludes halogenated alkanes) is 1. The molecule has 9 nitrogen and oxygen atoms in total. The van der Waals surface area contributed by atoms with Gasteiger partial charge >= 0.3 is 23.9 Å². The fourth-order valence-corrected chi connectivity index (χ4v) is 3.95. The van der Waals surface area contributed by atoms with Crippen LogP contribution in [0, 0.1) is 13.8 Å². The van der Waals surface area contributed by atoms with Crippen LogP contribution in [0.2, 0.25) is 0 Å². The van der Waals surface area contributed by atoms with Crippen molar-refractivity contribution >= 4 is 23.9 Å². The first kappa shape index (κ1) is 32.2. The molecule has 4 aromatic rings. The van der Waals surface area contributed by atoms with E-state index in [4.69, 9.17) is 23.7 Å². The first-order valence-electron chi connectivity index (χ1n) is 14.2. The van der Waals surface area contributed by atoms with Crippen molar-refractivity contribution in [1.29, 1.82) is 0 Å². The maximum atomic E-state index is 12.7. The van der Waals surface area contributed by atoms with Crippen molar-refractivity contribution in [2.45, 2.75) is 26.7 Å². The van der Waals surface area contributed by atoms with Gasteiger partial charge in [-0.3, -0.25) is 0 Å². The minimum absolute atomic E-state index is 0.252. The predicted octanol–water partition coefficient (Wildman–Crippen LogP) is 6.85. The zero-order valence-corrected chi connectivity index (χ0v) is 24.9. The van der Waals surface area contributed by atoms with E-state index in [-0.39, 0.29) is 17.1 Å². The Hall–Kier alpha value is -5.70. The second-order valence-corrected chi connectivity index (χ2v) is 9.94. The molecule has 230 valence electrons. The molecule has 0 saturated heterocycles. The third kappa shape index (κ3) is 9.65. The summed E-state index contributed by atoms with van der Waals surface area (Å²) in [6.07, 6.45) is 2.46. The van der Waals surface area contributed by atoms with E-state index in [0.717, 1.165) is 11.6 Å². The van der Waals surface area contributed by atoms with Crippen LogP contribution in [0.4, 0.5) is 0 Å². The number of ether oxygens (including phenoxy) is 5. The van der Waals surface area contributed by atoms with Crippen LogP contribution >= 0.6 is 0 Å². The lowest BCUT2D eigenvalue weighted by molar-refractivity contribution is -0.137. The molecule has 0 heterocycles. The number of carbonyl (C=O) groups excluding carboxylic acids is 4. The summed E-state index contributed by atoms with van der Waals surface area (Å²) in [5.41, 5.74) is 2.66. The van der Waals surface area contributed by atoms with Gasteiger partial charge in [-0.2, -0.15) is 0 Å². The Balaban J connectivity index is 1.24. The zero-order chi connectivity index (χ0) is 32.2. The van der Waals surface area contributed by atoms with Crippen molar-refractivity contribution in [3.63, 3.8) is 0 Å². The lowest BCUT2D eigenvalue weighted by Gasteiger charge is -2.10. The molecule has 0 unspecified atom stereocenters. The number of hydrogen-bond donors (Lipinski definition) is 0. The first-order valence-corrected chi connectivity index (χ1v) is 14.2. The number of esters is 4. The molecule has 0 aromatic heterocycles. The van der Waals surface area contributed by atoms with E-state index in [1.165, 1.54) is 24.3 Å². The van der Waals surface area contributed by atoms with Crippen LogP contribution in [0.25, 0.3) is 0 Å². The molecule has 0 bridgehead atoms. The van der Waals surface area contributed by atoms with Crippen LogP contribution in [0.5, 0.6) is 23.0 Å². The average Bonchev–Trinajstić information content (AvgIpc) is 3.04. The SMILES string of the molecule is C=CC(=O)OCCCCOc1ccc(C(=O)Oc2ccc(C(=O)Oc3ccc(OC(=O)c4ccc(C)cc4)c(C)c3)cc2)cc1. The molecule has 0 atom stereocenters. The van der Waals surface area contributed by atoms with E-state index in [1.807, 2.05) is 19.1 Å². The highest BCUT2D eigenvalue weighted by atomic mass is 16.5. The number of aryl methyl sites for hydroxylation is 2. The molecule has 0 fully saturated rings. The highest BCUT2D eigenvalue weighted by Crippen LogP contribution is 2.25. The molecule has 0 amide bonds. The number of carbonyl (C=O) groups is 4. The Labute approximate surface area is 261 Å². The lowest BCUT2D eigenvalue weighted by atomic mass is 10.1. The molecule has 0 N–H and O–H groups in total. The van der Waals surface area contributed by atoms with E-state index < -0.39 is 23.9 Å². The Morgan fingerprint density at radius 2 is 1.09 bits per heavy atom. The van der Waals surface area contributed by atoms with Gasteiger partial charge in [-0.05, 0) is 111 Å². The van der Waals surface area contributed by atoms with E-state index in [1.54, 1.807) is 61.5 Å². The molecule has 0 aliphatic carbocycles. The summed E-state index contributed by atoms with van der Waals surface area (Å²) < 4.78 is 26.9. The third-order valence-corrected chi connectivity index (χ3v) is 6.46. The van der Waals surface area contributed by atoms with E-state index >= 15 is 0 Å². The van der Waals surface area contributed by atoms with Gasteiger partial charge in [-0.15, -0.1) is 0 Å². The molecule has 4 aromatic carbocycles. The minimum atomic E-state index is -0.606. The predicted molar refractivity (Wildman–Crippen MR) is 166 cm³/mol. The van der Waals surface area contributed by atoms with Gasteiger partial charge in [0.1, 0.15) is 23.0 Å². The van der Waals surface area contributed by atoms with Gasteiger partial charge < -0.3 is 23.7 Å². The third-order valence-electron chi connectivity index (χ3n) is 6.46. The fraction of sp³-hybridized carbons (Fsp3) is 0.167. The quantitative estimate of drug-likeness (QED) is 0.0696. The summed E-state index contributed by atoms with van der Waals surface area (Å²) in [5, 5.41) is 0. The molecule has 0 saturated carbocycles. The molecular weight excluding hydrogens is 576 g/mol. The van der Waals surface area contributed by atoms with E-state index in [9.17, 15) is 19.2 Å². The summed E-state index contributed by atoms with van der Waals surface area (Å²) in [5.74, 6) is -0.631. The Kier molecular flexibility index (Phi) is 11.2. The maximum Gasteiger partial charge on any atom is 0.343 e. The molecular formula is C36H32O9. The number of hydrogen-bond acceptors (Lipinski definition) is 9. The van der Waals surface area contributed by atoms with Gasteiger partial charge in [-0.25, -0.2) is 19.2 Å². The summed E-state index contributed by atoms with van der Waals surface area (Å²) >= 11 is 0. The van der Waals surface area contributed by atoms with E-state index in [2.05, 4.69) is 6.58 Å². The minimum Gasteiger partial charge on any atom is -0.494 e. The van der Waals surface area contributed by atoms with Crippen molar-refractivity contribution < 1.29 is 42.9 Å². The lowest BCUT2D eigenvalue weighted by Crippen LogP contribution is -2.11. The second-order valence-electron chi connectivity index (χ2n) is 9.94. The standard InChI is InChI=1S/C36H32O9/c1-4-33(37)42-22-6-5-21-41-29-15-11-27(12-16-29)34(38)43-30-17-13-28(14-18-30)35(39)44-31-19-20-32(25(3)23-31)45-36(40)26-9-7-24(2)8-10-26/h4,7-20,23H,1,5-6,21-22H2,2-3H3. The van der Waals surface area contributed by atoms with Crippen molar-refractivity contribution in [2.24, 2.45) is 0 Å². The highest BCUT2D eigenvalue weighted by molar-refractivity contribution is 5.93. The monoisotopic (exact) mass is 608 g/mol.